The van der Waals surface area contributed by atoms with Gasteiger partial charge in [-0.3, -0.25) is 4.79 Å². The molecule has 0 aliphatic heterocycles. The fourth-order valence-corrected chi connectivity index (χ4v) is 1.81. The minimum Gasteiger partial charge on any atom is -0.294 e. The number of aryl methyl sites for hydroxylation is 3. The largest absolute Gasteiger partial charge is 0.294 e. The second kappa shape index (κ2) is 3.73. The number of hydrogen-bond donors (Lipinski definition) is 0. The van der Waals surface area contributed by atoms with Gasteiger partial charge in [0.1, 0.15) is 0 Å². The van der Waals surface area contributed by atoms with E-state index in [1.807, 2.05) is 13.8 Å². The molecule has 0 bridgehead atoms. The molecule has 0 saturated heterocycles. The summed E-state index contributed by atoms with van der Waals surface area (Å²) in [5, 5.41) is 0. The molecule has 1 rings (SSSR count). The molecule has 13 heavy (non-hydrogen) atoms. The Morgan fingerprint density at radius 1 is 1.23 bits per heavy atom. The number of rotatable bonds is 2. The van der Waals surface area contributed by atoms with Crippen LogP contribution in [0.2, 0.25) is 0 Å². The predicted molar refractivity (Wildman–Crippen MR) is 55.3 cm³/mol. The first-order valence-electron chi connectivity index (χ1n) is 4.67. The molecule has 0 aliphatic carbocycles. The van der Waals surface area contributed by atoms with Crippen LogP contribution in [-0.2, 0) is 6.42 Å². The zero-order chi connectivity index (χ0) is 10.0. The molecule has 0 atom stereocenters. The van der Waals surface area contributed by atoms with Crippen molar-refractivity contribution in [3.8, 4) is 0 Å². The summed E-state index contributed by atoms with van der Waals surface area (Å²) in [7, 11) is 0. The number of carbonyl (C=O) groups is 1. The highest BCUT2D eigenvalue weighted by Crippen LogP contribution is 2.17. The van der Waals surface area contributed by atoms with E-state index in [1.54, 1.807) is 6.92 Å². The lowest BCUT2D eigenvalue weighted by molar-refractivity contribution is 0.101. The van der Waals surface area contributed by atoms with Crippen molar-refractivity contribution < 1.29 is 4.79 Å². The SMILES string of the molecule is CCc1cc(C)c(C(C)=O)c(C)c1. The van der Waals surface area contributed by atoms with Crippen LogP contribution in [0.3, 0.4) is 0 Å². The molecule has 1 aromatic rings. The topological polar surface area (TPSA) is 17.1 Å². The van der Waals surface area contributed by atoms with Crippen LogP contribution in [0.4, 0.5) is 0 Å². The van der Waals surface area contributed by atoms with Gasteiger partial charge in [-0.05, 0) is 43.9 Å². The van der Waals surface area contributed by atoms with Gasteiger partial charge >= 0.3 is 0 Å². The second-order valence-electron chi connectivity index (χ2n) is 3.51. The summed E-state index contributed by atoms with van der Waals surface area (Å²) in [6.45, 7) is 7.76. The van der Waals surface area contributed by atoms with E-state index in [0.29, 0.717) is 0 Å². The van der Waals surface area contributed by atoms with Gasteiger partial charge in [-0.1, -0.05) is 19.1 Å². The second-order valence-corrected chi connectivity index (χ2v) is 3.51. The van der Waals surface area contributed by atoms with Gasteiger partial charge in [-0.15, -0.1) is 0 Å². The first kappa shape index (κ1) is 9.97. The fraction of sp³-hybridized carbons (Fsp3) is 0.417. The van der Waals surface area contributed by atoms with Gasteiger partial charge in [0.25, 0.3) is 0 Å². The molecule has 0 fully saturated rings. The van der Waals surface area contributed by atoms with Crippen LogP contribution in [0.15, 0.2) is 12.1 Å². The van der Waals surface area contributed by atoms with Crippen molar-refractivity contribution >= 4 is 5.78 Å². The van der Waals surface area contributed by atoms with E-state index >= 15 is 0 Å². The summed E-state index contributed by atoms with van der Waals surface area (Å²) in [5.74, 6) is 0.164. The van der Waals surface area contributed by atoms with Crippen LogP contribution in [0.5, 0.6) is 0 Å². The highest BCUT2D eigenvalue weighted by atomic mass is 16.1. The Kier molecular flexibility index (Phi) is 2.86. The van der Waals surface area contributed by atoms with Crippen molar-refractivity contribution in [2.45, 2.75) is 34.1 Å². The molecule has 0 spiro atoms. The lowest BCUT2D eigenvalue weighted by Gasteiger charge is -2.08. The van der Waals surface area contributed by atoms with Crippen LogP contribution in [0.25, 0.3) is 0 Å². The Morgan fingerprint density at radius 2 is 1.69 bits per heavy atom. The molecular weight excluding hydrogens is 160 g/mol. The molecule has 0 saturated carbocycles. The maximum Gasteiger partial charge on any atom is 0.160 e. The van der Waals surface area contributed by atoms with Crippen LogP contribution < -0.4 is 0 Å². The summed E-state index contributed by atoms with van der Waals surface area (Å²) in [4.78, 5) is 11.3. The van der Waals surface area contributed by atoms with Gasteiger partial charge in [0.2, 0.25) is 0 Å². The van der Waals surface area contributed by atoms with Crippen LogP contribution in [0, 0.1) is 13.8 Å². The predicted octanol–water partition coefficient (Wildman–Crippen LogP) is 3.07. The molecule has 0 unspecified atom stereocenters. The first-order valence-corrected chi connectivity index (χ1v) is 4.67. The van der Waals surface area contributed by atoms with E-state index < -0.39 is 0 Å². The fourth-order valence-electron chi connectivity index (χ4n) is 1.81. The molecule has 0 heterocycles. The lowest BCUT2D eigenvalue weighted by atomic mass is 9.96. The van der Waals surface area contributed by atoms with E-state index in [1.165, 1.54) is 5.56 Å². The molecule has 0 radical (unpaired) electrons. The minimum absolute atomic E-state index is 0.164. The van der Waals surface area contributed by atoms with Crippen molar-refractivity contribution in [3.05, 3.63) is 34.4 Å². The Bertz CT molecular complexity index is 314. The number of benzene rings is 1. The molecule has 1 aromatic carbocycles. The maximum absolute atomic E-state index is 11.3. The van der Waals surface area contributed by atoms with Crippen molar-refractivity contribution in [2.24, 2.45) is 0 Å². The van der Waals surface area contributed by atoms with Gasteiger partial charge in [0, 0.05) is 5.56 Å². The average molecular weight is 176 g/mol. The van der Waals surface area contributed by atoms with E-state index in [-0.39, 0.29) is 5.78 Å². The highest BCUT2D eigenvalue weighted by Gasteiger charge is 2.08. The summed E-state index contributed by atoms with van der Waals surface area (Å²) >= 11 is 0. The molecule has 70 valence electrons. The molecule has 1 heteroatoms. The first-order chi connectivity index (χ1) is 6.06. The maximum atomic E-state index is 11.3. The Balaban J connectivity index is 3.31. The summed E-state index contributed by atoms with van der Waals surface area (Å²) < 4.78 is 0. The van der Waals surface area contributed by atoms with Gasteiger partial charge < -0.3 is 0 Å². The zero-order valence-electron chi connectivity index (χ0n) is 8.77. The van der Waals surface area contributed by atoms with Crippen molar-refractivity contribution in [2.75, 3.05) is 0 Å². The molecule has 0 aliphatic rings. The third kappa shape index (κ3) is 1.97. The van der Waals surface area contributed by atoms with E-state index in [9.17, 15) is 4.79 Å². The Hall–Kier alpha value is -1.11. The number of ketones is 1. The van der Waals surface area contributed by atoms with Crippen molar-refractivity contribution in [1.29, 1.82) is 0 Å². The smallest absolute Gasteiger partial charge is 0.160 e. The monoisotopic (exact) mass is 176 g/mol. The van der Waals surface area contributed by atoms with E-state index in [2.05, 4.69) is 19.1 Å². The zero-order valence-corrected chi connectivity index (χ0v) is 8.77. The molecule has 1 nitrogen and oxygen atoms in total. The van der Waals surface area contributed by atoms with Crippen LogP contribution in [-0.4, -0.2) is 5.78 Å². The molecule has 0 amide bonds. The van der Waals surface area contributed by atoms with Crippen LogP contribution in [0.1, 0.15) is 40.9 Å². The number of hydrogen-bond acceptors (Lipinski definition) is 1. The third-order valence-corrected chi connectivity index (χ3v) is 2.35. The summed E-state index contributed by atoms with van der Waals surface area (Å²) in [6.07, 6.45) is 1.03. The molecule has 0 N–H and O–H groups in total. The molecular formula is C12H16O. The summed E-state index contributed by atoms with van der Waals surface area (Å²) in [6, 6.07) is 4.20. The van der Waals surface area contributed by atoms with Gasteiger partial charge in [0.05, 0.1) is 0 Å². The van der Waals surface area contributed by atoms with Gasteiger partial charge in [-0.25, -0.2) is 0 Å². The Labute approximate surface area is 79.8 Å². The number of carbonyl (C=O) groups excluding carboxylic acids is 1. The van der Waals surface area contributed by atoms with Gasteiger partial charge in [0.15, 0.2) is 5.78 Å². The normalized spacial score (nSPS) is 10.2. The van der Waals surface area contributed by atoms with E-state index in [4.69, 9.17) is 0 Å². The van der Waals surface area contributed by atoms with Crippen molar-refractivity contribution in [1.82, 2.24) is 0 Å². The minimum atomic E-state index is 0.164. The Morgan fingerprint density at radius 3 is 2.00 bits per heavy atom. The standard InChI is InChI=1S/C12H16O/c1-5-11-6-8(2)12(10(4)13)9(3)7-11/h6-7H,5H2,1-4H3. The average Bonchev–Trinajstić information content (AvgIpc) is 2.02. The number of Topliss-reactive ketones (excluding diaryl/α,β-unsaturated/α-hetero) is 1. The quantitative estimate of drug-likeness (QED) is 0.633. The highest BCUT2D eigenvalue weighted by molar-refractivity contribution is 5.97. The molecule has 0 aromatic heterocycles. The van der Waals surface area contributed by atoms with Gasteiger partial charge in [-0.2, -0.15) is 0 Å². The lowest BCUT2D eigenvalue weighted by Crippen LogP contribution is -2.01. The third-order valence-electron chi connectivity index (χ3n) is 2.35. The van der Waals surface area contributed by atoms with Crippen molar-refractivity contribution in [3.63, 3.8) is 0 Å². The summed E-state index contributed by atoms with van der Waals surface area (Å²) in [5.41, 5.74) is 4.39. The van der Waals surface area contributed by atoms with Crippen LogP contribution >= 0.6 is 0 Å². The van der Waals surface area contributed by atoms with E-state index in [0.717, 1.165) is 23.1 Å².